The molecule has 0 spiro atoms. The first kappa shape index (κ1) is 20.1. The Morgan fingerprint density at radius 2 is 1.62 bits per heavy atom. The second-order valence-corrected chi connectivity index (χ2v) is 9.28. The zero-order valence-corrected chi connectivity index (χ0v) is 18.0. The highest BCUT2D eigenvalue weighted by atomic mass is 32.2. The first-order valence-corrected chi connectivity index (χ1v) is 11.8. The van der Waals surface area contributed by atoms with Gasteiger partial charge in [0.15, 0.2) is 0 Å². The van der Waals surface area contributed by atoms with Gasteiger partial charge in [-0.1, -0.05) is 54.6 Å². The molecule has 7 heteroatoms. The number of nitrogens with one attached hydrogen (secondary N) is 2. The molecular weight excluding hydrogens is 422 g/mol. The van der Waals surface area contributed by atoms with Crippen LogP contribution in [0.3, 0.4) is 0 Å². The van der Waals surface area contributed by atoms with Crippen LogP contribution < -0.4 is 14.9 Å². The van der Waals surface area contributed by atoms with E-state index >= 15 is 0 Å². The van der Waals surface area contributed by atoms with Gasteiger partial charge in [0.05, 0.1) is 22.0 Å². The summed E-state index contributed by atoms with van der Waals surface area (Å²) < 4.78 is 28.2. The molecule has 1 amide bonds. The molecule has 0 saturated heterocycles. The summed E-state index contributed by atoms with van der Waals surface area (Å²) in [5, 5.41) is 5.05. The molecule has 0 bridgehead atoms. The molecule has 6 nitrogen and oxygen atoms in total. The fourth-order valence-electron chi connectivity index (χ4n) is 3.97. The third-order valence-electron chi connectivity index (χ3n) is 5.49. The molecule has 0 radical (unpaired) electrons. The molecule has 5 rings (SSSR count). The molecule has 0 saturated carbocycles. The SMILES string of the molecule is O=C1CCN(c2cccc(NS(=O)(=O)c3ccccc3)c2)c2ccc3ccccc3c2N1. The Balaban J connectivity index is 1.55. The number of carbonyl (C=O) groups is 1. The highest BCUT2D eigenvalue weighted by molar-refractivity contribution is 7.92. The maximum absolute atomic E-state index is 12.8. The van der Waals surface area contributed by atoms with E-state index < -0.39 is 10.0 Å². The summed E-state index contributed by atoms with van der Waals surface area (Å²) in [6.45, 7) is 0.478. The second kappa shape index (κ2) is 8.01. The van der Waals surface area contributed by atoms with E-state index in [4.69, 9.17) is 0 Å². The van der Waals surface area contributed by atoms with Crippen LogP contribution in [0.5, 0.6) is 0 Å². The molecule has 1 aliphatic rings. The number of hydrogen-bond donors (Lipinski definition) is 2. The number of fused-ring (bicyclic) bond motifs is 3. The second-order valence-electron chi connectivity index (χ2n) is 7.60. The summed E-state index contributed by atoms with van der Waals surface area (Å²) in [6.07, 6.45) is 0.322. The lowest BCUT2D eigenvalue weighted by molar-refractivity contribution is -0.115. The number of anilines is 4. The van der Waals surface area contributed by atoms with Gasteiger partial charge in [-0.15, -0.1) is 0 Å². The standard InChI is InChI=1S/C25H21N3O3S/c29-24-15-16-28(23-14-13-18-7-4-5-12-22(18)25(23)26-24)20-9-6-8-19(17-20)27-32(30,31)21-10-2-1-3-11-21/h1-14,17,27H,15-16H2,(H,26,29). The molecule has 2 N–H and O–H groups in total. The van der Waals surface area contributed by atoms with Gasteiger partial charge in [0.1, 0.15) is 0 Å². The minimum Gasteiger partial charge on any atom is -0.339 e. The summed E-state index contributed by atoms with van der Waals surface area (Å²) in [6, 6.07) is 27.4. The van der Waals surface area contributed by atoms with Gasteiger partial charge in [-0.05, 0) is 41.8 Å². The van der Waals surface area contributed by atoms with Crippen molar-refractivity contribution in [3.05, 3.63) is 91.0 Å². The Morgan fingerprint density at radius 3 is 2.47 bits per heavy atom. The molecule has 1 heterocycles. The van der Waals surface area contributed by atoms with E-state index in [2.05, 4.69) is 10.0 Å². The number of sulfonamides is 1. The van der Waals surface area contributed by atoms with Gasteiger partial charge in [0.2, 0.25) is 5.91 Å². The molecule has 160 valence electrons. The minimum atomic E-state index is -3.70. The van der Waals surface area contributed by atoms with E-state index in [-0.39, 0.29) is 10.8 Å². The van der Waals surface area contributed by atoms with Crippen molar-refractivity contribution in [3.63, 3.8) is 0 Å². The van der Waals surface area contributed by atoms with Crippen LogP contribution in [0.1, 0.15) is 6.42 Å². The topological polar surface area (TPSA) is 78.5 Å². The number of hydrogen-bond acceptors (Lipinski definition) is 4. The van der Waals surface area contributed by atoms with E-state index in [1.54, 1.807) is 48.5 Å². The van der Waals surface area contributed by atoms with E-state index in [1.807, 2.05) is 47.4 Å². The monoisotopic (exact) mass is 443 g/mol. The quantitative estimate of drug-likeness (QED) is 0.459. The van der Waals surface area contributed by atoms with Crippen molar-refractivity contribution in [2.24, 2.45) is 0 Å². The normalized spacial score (nSPS) is 13.9. The predicted octanol–water partition coefficient (Wildman–Crippen LogP) is 5.12. The third kappa shape index (κ3) is 3.78. The molecule has 4 aromatic carbocycles. The van der Waals surface area contributed by atoms with E-state index in [9.17, 15) is 13.2 Å². The average molecular weight is 444 g/mol. The van der Waals surface area contributed by atoms with Crippen LogP contribution in [0.25, 0.3) is 10.8 Å². The molecular formula is C25H21N3O3S. The van der Waals surface area contributed by atoms with Crippen molar-refractivity contribution >= 4 is 49.5 Å². The summed E-state index contributed by atoms with van der Waals surface area (Å²) in [5.74, 6) is -0.0500. The number of rotatable bonds is 4. The molecule has 1 aliphatic heterocycles. The lowest BCUT2D eigenvalue weighted by Gasteiger charge is -2.25. The lowest BCUT2D eigenvalue weighted by Crippen LogP contribution is -2.19. The molecule has 0 fully saturated rings. The van der Waals surface area contributed by atoms with Crippen LogP contribution in [0.4, 0.5) is 22.7 Å². The fraction of sp³-hybridized carbons (Fsp3) is 0.0800. The van der Waals surface area contributed by atoms with Crippen molar-refractivity contribution in [3.8, 4) is 0 Å². The molecule has 4 aromatic rings. The van der Waals surface area contributed by atoms with Gasteiger partial charge in [-0.25, -0.2) is 8.42 Å². The Kier molecular flexibility index (Phi) is 5.03. The lowest BCUT2D eigenvalue weighted by atomic mass is 10.1. The van der Waals surface area contributed by atoms with Crippen molar-refractivity contribution in [1.29, 1.82) is 0 Å². The predicted molar refractivity (Wildman–Crippen MR) is 128 cm³/mol. The molecule has 0 aliphatic carbocycles. The summed E-state index contributed by atoms with van der Waals surface area (Å²) >= 11 is 0. The fourth-order valence-corrected chi connectivity index (χ4v) is 5.04. The minimum absolute atomic E-state index is 0.0500. The molecule has 0 unspecified atom stereocenters. The van der Waals surface area contributed by atoms with Crippen molar-refractivity contribution in [2.75, 3.05) is 21.5 Å². The zero-order chi connectivity index (χ0) is 22.1. The van der Waals surface area contributed by atoms with Crippen LogP contribution in [0.15, 0.2) is 95.9 Å². The first-order valence-electron chi connectivity index (χ1n) is 10.3. The van der Waals surface area contributed by atoms with Crippen LogP contribution in [-0.2, 0) is 14.8 Å². The first-order chi connectivity index (χ1) is 15.5. The number of benzene rings is 4. The zero-order valence-electron chi connectivity index (χ0n) is 17.2. The maximum atomic E-state index is 12.8. The Hall–Kier alpha value is -3.84. The molecule has 0 atom stereocenters. The third-order valence-corrected chi connectivity index (χ3v) is 6.89. The van der Waals surface area contributed by atoms with Gasteiger partial charge in [0, 0.05) is 24.0 Å². The molecule has 32 heavy (non-hydrogen) atoms. The van der Waals surface area contributed by atoms with E-state index in [1.165, 1.54) is 0 Å². The number of carbonyl (C=O) groups excluding carboxylic acids is 1. The summed E-state index contributed by atoms with van der Waals surface area (Å²) in [4.78, 5) is 14.7. The number of nitrogens with zero attached hydrogens (tertiary/aromatic N) is 1. The Morgan fingerprint density at radius 1 is 0.844 bits per heavy atom. The van der Waals surface area contributed by atoms with Crippen molar-refractivity contribution in [1.82, 2.24) is 0 Å². The maximum Gasteiger partial charge on any atom is 0.261 e. The van der Waals surface area contributed by atoms with Crippen LogP contribution in [0.2, 0.25) is 0 Å². The van der Waals surface area contributed by atoms with Gasteiger partial charge in [0.25, 0.3) is 10.0 Å². The van der Waals surface area contributed by atoms with Gasteiger partial charge in [-0.3, -0.25) is 9.52 Å². The smallest absolute Gasteiger partial charge is 0.261 e. The highest BCUT2D eigenvalue weighted by Crippen LogP contribution is 2.40. The largest absolute Gasteiger partial charge is 0.339 e. The summed E-state index contributed by atoms with van der Waals surface area (Å²) in [5.41, 5.74) is 2.89. The Labute approximate surface area is 186 Å². The van der Waals surface area contributed by atoms with Gasteiger partial charge in [-0.2, -0.15) is 0 Å². The van der Waals surface area contributed by atoms with Gasteiger partial charge < -0.3 is 10.2 Å². The number of amides is 1. The highest BCUT2D eigenvalue weighted by Gasteiger charge is 2.23. The van der Waals surface area contributed by atoms with Gasteiger partial charge >= 0.3 is 0 Å². The van der Waals surface area contributed by atoms with Crippen LogP contribution >= 0.6 is 0 Å². The molecule has 0 aromatic heterocycles. The van der Waals surface area contributed by atoms with Crippen molar-refractivity contribution < 1.29 is 13.2 Å². The van der Waals surface area contributed by atoms with Crippen molar-refractivity contribution in [2.45, 2.75) is 11.3 Å². The van der Waals surface area contributed by atoms with E-state index in [0.29, 0.717) is 18.7 Å². The van der Waals surface area contributed by atoms with E-state index in [0.717, 1.165) is 27.8 Å². The Bertz CT molecular complexity index is 1420. The van der Waals surface area contributed by atoms with Crippen LogP contribution in [0, 0.1) is 0 Å². The summed E-state index contributed by atoms with van der Waals surface area (Å²) in [7, 11) is -3.70. The van der Waals surface area contributed by atoms with Crippen LogP contribution in [-0.4, -0.2) is 20.9 Å². The average Bonchev–Trinajstić information content (AvgIpc) is 2.98.